The second kappa shape index (κ2) is 8.98. The summed E-state index contributed by atoms with van der Waals surface area (Å²) < 4.78 is 31.4. The number of anilines is 1. The van der Waals surface area contributed by atoms with E-state index in [1.165, 1.54) is 12.1 Å². The molecule has 2 heterocycles. The number of benzene rings is 2. The Labute approximate surface area is 184 Å². The van der Waals surface area contributed by atoms with Crippen molar-refractivity contribution in [1.29, 1.82) is 0 Å². The molecule has 29 heavy (non-hydrogen) atoms. The number of alkyl halides is 2. The van der Waals surface area contributed by atoms with Gasteiger partial charge in [0, 0.05) is 17.0 Å². The normalized spacial score (nSPS) is 21.6. The molecule has 0 bridgehead atoms. The van der Waals surface area contributed by atoms with Crippen molar-refractivity contribution in [3.8, 4) is 5.75 Å². The largest absolute Gasteiger partial charge is 1.00 e. The van der Waals surface area contributed by atoms with Gasteiger partial charge in [0.05, 0.1) is 6.54 Å². The fourth-order valence-corrected chi connectivity index (χ4v) is 4.21. The van der Waals surface area contributed by atoms with Crippen LogP contribution in [-0.4, -0.2) is 35.2 Å². The number of rotatable bonds is 4. The van der Waals surface area contributed by atoms with Crippen LogP contribution in [0.5, 0.6) is 5.75 Å². The van der Waals surface area contributed by atoms with Crippen LogP contribution in [0.2, 0.25) is 5.02 Å². The minimum absolute atomic E-state index is 0. The Hall–Kier alpha value is -1.70. The molecule has 0 spiro atoms. The van der Waals surface area contributed by atoms with Gasteiger partial charge in [-0.15, -0.1) is 0 Å². The van der Waals surface area contributed by atoms with Crippen molar-refractivity contribution in [2.45, 2.75) is 38.0 Å². The van der Waals surface area contributed by atoms with Gasteiger partial charge in [-0.05, 0) is 67.8 Å². The van der Waals surface area contributed by atoms with Crippen LogP contribution in [0.25, 0.3) is 0 Å². The second-order valence-corrected chi connectivity index (χ2v) is 7.60. The average Bonchev–Trinajstić information content (AvgIpc) is 2.83. The van der Waals surface area contributed by atoms with Crippen molar-refractivity contribution in [1.82, 2.24) is 0 Å². The van der Waals surface area contributed by atoms with E-state index in [-0.39, 0.29) is 22.7 Å². The fraction of sp³-hybridized carbons (Fsp3) is 0.381. The summed E-state index contributed by atoms with van der Waals surface area (Å²) in [7, 11) is 0. The highest BCUT2D eigenvalue weighted by Crippen LogP contribution is 2.36. The van der Waals surface area contributed by atoms with Gasteiger partial charge >= 0.3 is 6.61 Å². The number of hydrogen-bond donors (Lipinski definition) is 1. The van der Waals surface area contributed by atoms with Gasteiger partial charge < -0.3 is 26.8 Å². The molecule has 0 saturated heterocycles. The standard InChI is InChI=1S/C21H22ClF2N2O2.BrH/c22-16-7-9-17(10-8-16)25-14-21(27,26-13-3-1-2-4-19(25)26)15-5-11-18(12-6-15)28-20(23)24;/h5-12,20,27H,1-4,13-14H2;1H/q+1;/p-1. The predicted octanol–water partition coefficient (Wildman–Crippen LogP) is 1.60. The molecule has 4 nitrogen and oxygen atoms in total. The topological polar surface area (TPSA) is 35.7 Å². The van der Waals surface area contributed by atoms with Crippen molar-refractivity contribution >= 4 is 23.1 Å². The van der Waals surface area contributed by atoms with Gasteiger partial charge in [0.15, 0.2) is 6.54 Å². The SMILES string of the molecule is OC1(c2ccc(OC(F)F)cc2)CN(c2ccc(Cl)cc2)C2=[N+]1CCCCC2.[Br-]. The molecule has 1 unspecified atom stereocenters. The molecule has 2 aromatic carbocycles. The van der Waals surface area contributed by atoms with Crippen molar-refractivity contribution in [2.24, 2.45) is 0 Å². The number of aliphatic hydroxyl groups is 1. The third-order valence-corrected chi connectivity index (χ3v) is 5.66. The molecule has 2 aliphatic rings. The van der Waals surface area contributed by atoms with Crippen LogP contribution in [0.3, 0.4) is 0 Å². The van der Waals surface area contributed by atoms with Crippen LogP contribution in [0.4, 0.5) is 14.5 Å². The number of halogens is 4. The van der Waals surface area contributed by atoms with Crippen LogP contribution in [0.15, 0.2) is 48.5 Å². The van der Waals surface area contributed by atoms with E-state index >= 15 is 0 Å². The highest BCUT2D eigenvalue weighted by atomic mass is 79.9. The maximum absolute atomic E-state index is 12.4. The van der Waals surface area contributed by atoms with Gasteiger partial charge in [-0.1, -0.05) is 11.6 Å². The first-order valence-electron chi connectivity index (χ1n) is 9.42. The highest BCUT2D eigenvalue weighted by Gasteiger charge is 2.51. The summed E-state index contributed by atoms with van der Waals surface area (Å²) in [5, 5.41) is 12.4. The molecule has 1 N–H and O–H groups in total. The summed E-state index contributed by atoms with van der Waals surface area (Å²) in [6.45, 7) is -1.77. The molecule has 0 fully saturated rings. The highest BCUT2D eigenvalue weighted by molar-refractivity contribution is 6.30. The maximum atomic E-state index is 12.4. The number of nitrogens with zero attached hydrogens (tertiary/aromatic N) is 2. The second-order valence-electron chi connectivity index (χ2n) is 7.16. The molecule has 0 saturated carbocycles. The van der Waals surface area contributed by atoms with Crippen molar-refractivity contribution < 1.29 is 40.2 Å². The molecule has 1 atom stereocenters. The lowest BCUT2D eigenvalue weighted by Gasteiger charge is -2.23. The molecular weight excluding hydrogens is 466 g/mol. The van der Waals surface area contributed by atoms with E-state index in [9.17, 15) is 13.9 Å². The first kappa shape index (κ1) is 22.0. The van der Waals surface area contributed by atoms with Gasteiger partial charge in [-0.2, -0.15) is 8.78 Å². The molecule has 2 aliphatic heterocycles. The monoisotopic (exact) mass is 486 g/mol. The van der Waals surface area contributed by atoms with E-state index in [1.54, 1.807) is 12.1 Å². The van der Waals surface area contributed by atoms with E-state index < -0.39 is 12.3 Å². The minimum atomic E-state index is -2.87. The van der Waals surface area contributed by atoms with Crippen molar-refractivity contribution in [3.05, 3.63) is 59.1 Å². The minimum Gasteiger partial charge on any atom is -1.00 e. The van der Waals surface area contributed by atoms with E-state index in [2.05, 4.69) is 14.2 Å². The maximum Gasteiger partial charge on any atom is 0.387 e. The van der Waals surface area contributed by atoms with Crippen LogP contribution in [0, 0.1) is 0 Å². The lowest BCUT2D eigenvalue weighted by atomic mass is 10.0. The zero-order valence-electron chi connectivity index (χ0n) is 15.7. The van der Waals surface area contributed by atoms with Crippen LogP contribution in [0.1, 0.15) is 31.2 Å². The predicted molar refractivity (Wildman–Crippen MR) is 104 cm³/mol. The smallest absolute Gasteiger partial charge is 0.387 e. The fourth-order valence-electron chi connectivity index (χ4n) is 4.08. The summed E-state index contributed by atoms with van der Waals surface area (Å²) in [5.41, 5.74) is 0.396. The van der Waals surface area contributed by atoms with Crippen LogP contribution < -0.4 is 26.6 Å². The molecule has 0 aromatic heterocycles. The molecular formula is C21H22BrClF2N2O2. The average molecular weight is 488 g/mol. The van der Waals surface area contributed by atoms with Gasteiger partial charge in [-0.25, -0.2) is 9.48 Å². The van der Waals surface area contributed by atoms with Crippen LogP contribution in [-0.2, 0) is 5.72 Å². The van der Waals surface area contributed by atoms with Gasteiger partial charge in [0.1, 0.15) is 11.4 Å². The Morgan fingerprint density at radius 3 is 2.38 bits per heavy atom. The quantitative estimate of drug-likeness (QED) is 0.666. The van der Waals surface area contributed by atoms with E-state index in [1.807, 2.05) is 24.3 Å². The Balaban J connectivity index is 0.00000240. The summed E-state index contributed by atoms with van der Waals surface area (Å²) >= 11 is 6.03. The zero-order valence-corrected chi connectivity index (χ0v) is 18.0. The van der Waals surface area contributed by atoms with E-state index in [0.29, 0.717) is 17.1 Å². The Kier molecular flexibility index (Phi) is 6.81. The van der Waals surface area contributed by atoms with Gasteiger partial charge in [-0.3, -0.25) is 0 Å². The summed E-state index contributed by atoms with van der Waals surface area (Å²) in [5.74, 6) is 1.16. The summed E-state index contributed by atoms with van der Waals surface area (Å²) in [6, 6.07) is 13.8. The third kappa shape index (κ3) is 4.42. The molecule has 156 valence electrons. The molecule has 0 radical (unpaired) electrons. The van der Waals surface area contributed by atoms with E-state index in [0.717, 1.165) is 43.8 Å². The van der Waals surface area contributed by atoms with Crippen molar-refractivity contribution in [2.75, 3.05) is 18.0 Å². The Morgan fingerprint density at radius 1 is 1.03 bits per heavy atom. The van der Waals surface area contributed by atoms with Crippen molar-refractivity contribution in [3.63, 3.8) is 0 Å². The molecule has 0 aliphatic carbocycles. The lowest BCUT2D eigenvalue weighted by molar-refractivity contribution is -0.658. The van der Waals surface area contributed by atoms with Gasteiger partial charge in [0.2, 0.25) is 0 Å². The summed E-state index contributed by atoms with van der Waals surface area (Å²) in [6.07, 6.45) is 4.03. The third-order valence-electron chi connectivity index (χ3n) is 5.41. The number of ether oxygens (including phenoxy) is 1. The number of β-amino-alcohol motifs (C(OH)–C–C–N with tert-alkyl or cyclic N) is 1. The first-order valence-corrected chi connectivity index (χ1v) is 9.79. The molecule has 2 aromatic rings. The lowest BCUT2D eigenvalue weighted by Crippen LogP contribution is -3.00. The van der Waals surface area contributed by atoms with Gasteiger partial charge in [0.25, 0.3) is 11.6 Å². The molecule has 0 amide bonds. The summed E-state index contributed by atoms with van der Waals surface area (Å²) in [4.78, 5) is 2.13. The first-order chi connectivity index (χ1) is 13.5. The Morgan fingerprint density at radius 2 is 1.72 bits per heavy atom. The van der Waals surface area contributed by atoms with E-state index in [4.69, 9.17) is 11.6 Å². The molecule has 4 rings (SSSR count). The molecule has 8 heteroatoms. The Bertz CT molecular complexity index is 877. The number of hydrogen-bond acceptors (Lipinski definition) is 3. The zero-order chi connectivity index (χ0) is 19.7. The van der Waals surface area contributed by atoms with Crippen LogP contribution >= 0.6 is 11.6 Å². The number of amidine groups is 1.